The molecule has 0 aliphatic carbocycles. The Morgan fingerprint density at radius 2 is 1.07 bits per heavy atom. The summed E-state index contributed by atoms with van der Waals surface area (Å²) >= 11 is 0. The fourth-order valence-electron chi connectivity index (χ4n) is 2.34. The number of nitrogens with zero attached hydrogens (tertiary/aromatic N) is 1. The van der Waals surface area contributed by atoms with Gasteiger partial charge in [0.15, 0.2) is 0 Å². The zero-order valence-corrected chi connectivity index (χ0v) is 17.0. The smallest absolute Gasteiger partial charge is 0.282 e. The first-order valence-corrected chi connectivity index (χ1v) is 11.2. The Morgan fingerprint density at radius 1 is 0.667 bits per heavy atom. The van der Waals surface area contributed by atoms with Gasteiger partial charge < -0.3 is 0 Å². The van der Waals surface area contributed by atoms with E-state index in [0.717, 1.165) is 11.1 Å². The van der Waals surface area contributed by atoms with E-state index in [1.807, 2.05) is 0 Å². The highest BCUT2D eigenvalue weighted by Crippen LogP contribution is 2.17. The first-order chi connectivity index (χ1) is 14.0. The lowest BCUT2D eigenvalue weighted by Crippen LogP contribution is -1.98. The molecule has 0 heterocycles. The molecular formula is C19H17NO8S2. The van der Waals surface area contributed by atoms with E-state index in [0.29, 0.717) is 6.42 Å². The van der Waals surface area contributed by atoms with E-state index in [-0.39, 0.29) is 15.5 Å². The summed E-state index contributed by atoms with van der Waals surface area (Å²) in [6.07, 6.45) is 0.518. The van der Waals surface area contributed by atoms with Gasteiger partial charge in [-0.25, -0.2) is 0 Å². The predicted molar refractivity (Wildman–Crippen MR) is 108 cm³/mol. The van der Waals surface area contributed by atoms with Crippen molar-refractivity contribution in [1.82, 2.24) is 0 Å². The molecule has 0 spiro atoms. The summed E-state index contributed by atoms with van der Waals surface area (Å²) in [6.45, 7) is 0. The Hall–Kier alpha value is -3.12. The van der Waals surface area contributed by atoms with Crippen LogP contribution >= 0.6 is 0 Å². The van der Waals surface area contributed by atoms with Crippen molar-refractivity contribution >= 4 is 25.9 Å². The zero-order chi connectivity index (χ0) is 22.4. The third kappa shape index (κ3) is 7.04. The summed E-state index contributed by atoms with van der Waals surface area (Å²) in [5, 5.41) is 10.5. The Bertz CT molecular complexity index is 1210. The van der Waals surface area contributed by atoms with Crippen LogP contribution in [0, 0.1) is 10.1 Å². The number of rotatable bonds is 5. The molecule has 9 nitrogen and oxygen atoms in total. The molecule has 2 N–H and O–H groups in total. The van der Waals surface area contributed by atoms with Gasteiger partial charge in [-0.05, 0) is 41.8 Å². The van der Waals surface area contributed by atoms with Crippen molar-refractivity contribution in [3.8, 4) is 0 Å². The van der Waals surface area contributed by atoms with Gasteiger partial charge in [-0.2, -0.15) is 16.8 Å². The maximum atomic E-state index is 10.9. The minimum atomic E-state index is -4.18. The van der Waals surface area contributed by atoms with Gasteiger partial charge in [0.2, 0.25) is 0 Å². The molecule has 0 aliphatic rings. The first-order valence-electron chi connectivity index (χ1n) is 8.29. The molecule has 0 amide bonds. The summed E-state index contributed by atoms with van der Waals surface area (Å²) in [7, 11) is -8.19. The molecule has 0 fully saturated rings. The summed E-state index contributed by atoms with van der Waals surface area (Å²) in [5.41, 5.74) is 1.73. The van der Waals surface area contributed by atoms with Gasteiger partial charge in [-0.3, -0.25) is 19.2 Å². The van der Waals surface area contributed by atoms with Crippen molar-refractivity contribution in [2.75, 3.05) is 0 Å². The molecule has 0 atom stereocenters. The van der Waals surface area contributed by atoms with Gasteiger partial charge in [0, 0.05) is 12.1 Å². The lowest BCUT2D eigenvalue weighted by molar-refractivity contribution is -0.384. The van der Waals surface area contributed by atoms with Crippen LogP contribution < -0.4 is 0 Å². The van der Waals surface area contributed by atoms with E-state index in [2.05, 4.69) is 0 Å². The Morgan fingerprint density at radius 3 is 1.43 bits per heavy atom. The lowest BCUT2D eigenvalue weighted by Gasteiger charge is -2.03. The van der Waals surface area contributed by atoms with E-state index in [1.165, 1.54) is 36.4 Å². The van der Waals surface area contributed by atoms with Crippen LogP contribution in [0.1, 0.15) is 11.1 Å². The molecule has 0 aromatic heterocycles. The monoisotopic (exact) mass is 451 g/mol. The highest BCUT2D eigenvalue weighted by Gasteiger charge is 2.09. The molecule has 158 valence electrons. The van der Waals surface area contributed by atoms with Crippen molar-refractivity contribution < 1.29 is 30.9 Å². The number of nitro groups is 1. The largest absolute Gasteiger partial charge is 0.294 e. The maximum Gasteiger partial charge on any atom is 0.294 e. The van der Waals surface area contributed by atoms with Gasteiger partial charge >= 0.3 is 0 Å². The van der Waals surface area contributed by atoms with Gasteiger partial charge in [-0.1, -0.05) is 42.5 Å². The van der Waals surface area contributed by atoms with E-state index < -0.39 is 25.2 Å². The molecule has 0 saturated carbocycles. The van der Waals surface area contributed by atoms with Crippen molar-refractivity contribution in [3.63, 3.8) is 0 Å². The third-order valence-electron chi connectivity index (χ3n) is 3.82. The molecule has 3 aromatic rings. The van der Waals surface area contributed by atoms with Crippen LogP contribution in [0.15, 0.2) is 88.7 Å². The summed E-state index contributed by atoms with van der Waals surface area (Å²) in [4.78, 5) is 9.82. The molecule has 0 radical (unpaired) electrons. The summed E-state index contributed by atoms with van der Waals surface area (Å²) < 4.78 is 59.9. The highest BCUT2D eigenvalue weighted by atomic mass is 32.2. The van der Waals surface area contributed by atoms with Crippen molar-refractivity contribution in [2.45, 2.75) is 16.2 Å². The van der Waals surface area contributed by atoms with Crippen molar-refractivity contribution in [3.05, 3.63) is 100 Å². The highest BCUT2D eigenvalue weighted by molar-refractivity contribution is 7.86. The second-order valence-corrected chi connectivity index (χ2v) is 8.85. The topological polar surface area (TPSA) is 152 Å². The molecular weight excluding hydrogens is 434 g/mol. The molecule has 0 bridgehead atoms. The average molecular weight is 451 g/mol. The maximum absolute atomic E-state index is 10.9. The molecule has 0 saturated heterocycles. The molecule has 3 aromatic carbocycles. The van der Waals surface area contributed by atoms with Gasteiger partial charge in [0.25, 0.3) is 25.9 Å². The Labute approximate surface area is 173 Å². The standard InChI is InChI=1S/C13H11NO5S.C6H6O3S/c15-14(16)12-5-1-10(2-6-12)9-11-3-7-13(8-4-11)20(17,18)19;7-10(8,9)6-4-2-1-3-5-6/h1-8H,9H2,(H,17,18,19);1-5H,(H,7,8,9). The van der Waals surface area contributed by atoms with Crippen molar-refractivity contribution in [1.29, 1.82) is 0 Å². The Kier molecular flexibility index (Phi) is 7.40. The van der Waals surface area contributed by atoms with Crippen LogP contribution in [0.25, 0.3) is 0 Å². The lowest BCUT2D eigenvalue weighted by atomic mass is 10.1. The molecule has 30 heavy (non-hydrogen) atoms. The third-order valence-corrected chi connectivity index (χ3v) is 5.55. The second kappa shape index (κ2) is 9.59. The molecule has 3 rings (SSSR count). The van der Waals surface area contributed by atoms with E-state index in [4.69, 9.17) is 9.11 Å². The Balaban J connectivity index is 0.000000269. The minimum absolute atomic E-state index is 0.0236. The second-order valence-electron chi connectivity index (χ2n) is 6.01. The van der Waals surface area contributed by atoms with Crippen LogP contribution in [0.3, 0.4) is 0 Å². The van der Waals surface area contributed by atoms with Crippen molar-refractivity contribution in [2.24, 2.45) is 0 Å². The zero-order valence-electron chi connectivity index (χ0n) is 15.3. The van der Waals surface area contributed by atoms with E-state index in [1.54, 1.807) is 42.5 Å². The fourth-order valence-corrected chi connectivity index (χ4v) is 3.32. The molecule has 0 aliphatic heterocycles. The normalized spacial score (nSPS) is 11.3. The quantitative estimate of drug-likeness (QED) is 0.340. The number of hydrogen-bond donors (Lipinski definition) is 2. The van der Waals surface area contributed by atoms with Crippen LogP contribution in [-0.4, -0.2) is 30.9 Å². The number of hydrogen-bond acceptors (Lipinski definition) is 6. The van der Waals surface area contributed by atoms with Gasteiger partial charge in [0.1, 0.15) is 0 Å². The number of non-ortho nitro benzene ring substituents is 1. The van der Waals surface area contributed by atoms with E-state index in [9.17, 15) is 26.9 Å². The van der Waals surface area contributed by atoms with E-state index >= 15 is 0 Å². The molecule has 0 unspecified atom stereocenters. The van der Waals surface area contributed by atoms with Gasteiger partial charge in [0.05, 0.1) is 14.7 Å². The fraction of sp³-hybridized carbons (Fsp3) is 0.0526. The number of nitro benzene ring substituents is 1. The van der Waals surface area contributed by atoms with Crippen LogP contribution in [-0.2, 0) is 26.7 Å². The summed E-state index contributed by atoms with van der Waals surface area (Å²) in [5.74, 6) is 0. The average Bonchev–Trinajstić information content (AvgIpc) is 2.69. The summed E-state index contributed by atoms with van der Waals surface area (Å²) in [6, 6.07) is 19.4. The minimum Gasteiger partial charge on any atom is -0.282 e. The van der Waals surface area contributed by atoms with Gasteiger partial charge in [-0.15, -0.1) is 0 Å². The molecule has 11 heteroatoms. The number of benzene rings is 3. The predicted octanol–water partition coefficient (Wildman–Crippen LogP) is 3.37. The van der Waals surface area contributed by atoms with Crippen LogP contribution in [0.2, 0.25) is 0 Å². The van der Waals surface area contributed by atoms with Crippen LogP contribution in [0.4, 0.5) is 5.69 Å². The first kappa shape index (κ1) is 23.2. The van der Waals surface area contributed by atoms with Crippen LogP contribution in [0.5, 0.6) is 0 Å². The SMILES string of the molecule is O=S(=O)(O)c1ccccc1.O=[N+]([O-])c1ccc(Cc2ccc(S(=O)(=O)O)cc2)cc1.